The molecule has 0 bridgehead atoms. The summed E-state index contributed by atoms with van der Waals surface area (Å²) in [5.41, 5.74) is -0.246. The van der Waals surface area contributed by atoms with E-state index < -0.39 is 23.4 Å². The van der Waals surface area contributed by atoms with Gasteiger partial charge in [-0.1, -0.05) is 30.3 Å². The largest absolute Gasteiger partial charge is 0.507 e. The van der Waals surface area contributed by atoms with Gasteiger partial charge in [-0.2, -0.15) is 18.4 Å². The zero-order valence-electron chi connectivity index (χ0n) is 13.8. The van der Waals surface area contributed by atoms with Crippen molar-refractivity contribution in [2.24, 2.45) is 0 Å². The number of fused-ring (bicyclic) bond motifs is 1. The maximum absolute atomic E-state index is 13.7. The van der Waals surface area contributed by atoms with E-state index >= 15 is 0 Å². The van der Waals surface area contributed by atoms with Gasteiger partial charge in [0.1, 0.15) is 12.3 Å². The summed E-state index contributed by atoms with van der Waals surface area (Å²) in [5, 5.41) is 20.7. The van der Waals surface area contributed by atoms with Crippen molar-refractivity contribution in [3.8, 4) is 22.9 Å². The molecule has 0 radical (unpaired) electrons. The lowest BCUT2D eigenvalue weighted by Crippen LogP contribution is -2.23. The van der Waals surface area contributed by atoms with E-state index in [1.807, 2.05) is 0 Å². The number of carbonyl (C=O) groups excluding carboxylic acids is 1. The molecule has 0 unspecified atom stereocenters. The normalized spacial score (nSPS) is 11.2. The molecular formula is C20H13F3N2O2. The van der Waals surface area contributed by atoms with Crippen molar-refractivity contribution >= 4 is 16.7 Å². The number of halogens is 3. The smallest absolute Gasteiger partial charge is 0.417 e. The third-order valence-corrected chi connectivity index (χ3v) is 4.05. The number of benzene rings is 3. The highest BCUT2D eigenvalue weighted by Crippen LogP contribution is 2.41. The van der Waals surface area contributed by atoms with E-state index in [1.54, 1.807) is 36.4 Å². The minimum Gasteiger partial charge on any atom is -0.507 e. The van der Waals surface area contributed by atoms with Gasteiger partial charge >= 0.3 is 6.18 Å². The van der Waals surface area contributed by atoms with E-state index in [2.05, 4.69) is 5.32 Å². The van der Waals surface area contributed by atoms with Gasteiger partial charge in [0.15, 0.2) is 0 Å². The summed E-state index contributed by atoms with van der Waals surface area (Å²) in [6.07, 6.45) is -4.68. The van der Waals surface area contributed by atoms with Crippen LogP contribution >= 0.6 is 0 Å². The lowest BCUT2D eigenvalue weighted by molar-refractivity contribution is -0.136. The number of phenols is 1. The molecule has 0 saturated carbocycles. The van der Waals surface area contributed by atoms with Crippen LogP contribution in [-0.4, -0.2) is 17.6 Å². The summed E-state index contributed by atoms with van der Waals surface area (Å²) in [7, 11) is 0. The number of alkyl halides is 3. The number of aromatic hydroxyl groups is 1. The highest BCUT2D eigenvalue weighted by atomic mass is 19.4. The van der Waals surface area contributed by atoms with Gasteiger partial charge in [0, 0.05) is 10.9 Å². The number of nitrogens with zero attached hydrogens (tertiary/aromatic N) is 1. The quantitative estimate of drug-likeness (QED) is 0.668. The number of hydrogen-bond acceptors (Lipinski definition) is 3. The molecule has 4 nitrogen and oxygen atoms in total. The molecule has 0 aliphatic carbocycles. The number of nitriles is 1. The van der Waals surface area contributed by atoms with Crippen LogP contribution in [0.25, 0.3) is 21.9 Å². The van der Waals surface area contributed by atoms with Gasteiger partial charge in [-0.3, -0.25) is 4.79 Å². The van der Waals surface area contributed by atoms with Crippen LogP contribution in [0.1, 0.15) is 15.9 Å². The standard InChI is InChI=1S/C20H13F3N2O2/c21-20(22,23)17-10-13(12-4-2-1-3-5-12)8-16-15(17)9-14(11-18(16)26)19(27)25-7-6-24/h1-5,8-11,26H,7H2,(H,25,27). The number of nitrogens with one attached hydrogen (secondary N) is 1. The van der Waals surface area contributed by atoms with Gasteiger partial charge in [0.05, 0.1) is 11.6 Å². The number of hydrogen-bond donors (Lipinski definition) is 2. The Labute approximate surface area is 152 Å². The van der Waals surface area contributed by atoms with Crippen molar-refractivity contribution in [3.05, 3.63) is 65.7 Å². The first kappa shape index (κ1) is 18.3. The molecule has 0 saturated heterocycles. The van der Waals surface area contributed by atoms with Crippen LogP contribution in [-0.2, 0) is 6.18 Å². The van der Waals surface area contributed by atoms with E-state index in [9.17, 15) is 23.1 Å². The molecular weight excluding hydrogens is 357 g/mol. The van der Waals surface area contributed by atoms with Gasteiger partial charge in [-0.05, 0) is 40.8 Å². The molecule has 0 atom stereocenters. The van der Waals surface area contributed by atoms with E-state index in [-0.39, 0.29) is 22.9 Å². The van der Waals surface area contributed by atoms with Crippen LogP contribution in [0.5, 0.6) is 5.75 Å². The Hall–Kier alpha value is -3.53. The maximum Gasteiger partial charge on any atom is 0.417 e. The molecule has 3 aromatic rings. The fraction of sp³-hybridized carbons (Fsp3) is 0.100. The molecule has 0 aromatic heterocycles. The van der Waals surface area contributed by atoms with Crippen molar-refractivity contribution in [2.75, 3.05) is 6.54 Å². The van der Waals surface area contributed by atoms with E-state index in [4.69, 9.17) is 5.26 Å². The monoisotopic (exact) mass is 370 g/mol. The van der Waals surface area contributed by atoms with Crippen LogP contribution in [0, 0.1) is 11.3 Å². The van der Waals surface area contributed by atoms with Crippen LogP contribution in [0.15, 0.2) is 54.6 Å². The van der Waals surface area contributed by atoms with Gasteiger partial charge in [-0.25, -0.2) is 0 Å². The van der Waals surface area contributed by atoms with Crippen LogP contribution in [0.4, 0.5) is 13.2 Å². The van der Waals surface area contributed by atoms with Crippen LogP contribution in [0.2, 0.25) is 0 Å². The lowest BCUT2D eigenvalue weighted by atomic mass is 9.94. The first-order valence-electron chi connectivity index (χ1n) is 7.90. The Morgan fingerprint density at radius 3 is 2.37 bits per heavy atom. The van der Waals surface area contributed by atoms with Crippen molar-refractivity contribution in [1.82, 2.24) is 5.32 Å². The molecule has 7 heteroatoms. The second kappa shape index (κ2) is 7.00. The average Bonchev–Trinajstić information content (AvgIpc) is 2.65. The Bertz CT molecular complexity index is 1050. The third kappa shape index (κ3) is 3.70. The number of phenolic OH excluding ortho intramolecular Hbond substituents is 1. The van der Waals surface area contributed by atoms with Gasteiger partial charge in [0.25, 0.3) is 5.91 Å². The summed E-state index contributed by atoms with van der Waals surface area (Å²) in [4.78, 5) is 12.0. The van der Waals surface area contributed by atoms with Crippen molar-refractivity contribution in [1.29, 1.82) is 5.26 Å². The topological polar surface area (TPSA) is 73.1 Å². The molecule has 0 aliphatic rings. The molecule has 3 aromatic carbocycles. The van der Waals surface area contributed by atoms with Crippen LogP contribution < -0.4 is 5.32 Å². The van der Waals surface area contributed by atoms with Crippen molar-refractivity contribution in [2.45, 2.75) is 6.18 Å². The minimum absolute atomic E-state index is 0.0134. The highest BCUT2D eigenvalue weighted by Gasteiger charge is 2.34. The second-order valence-corrected chi connectivity index (χ2v) is 5.82. The second-order valence-electron chi connectivity index (χ2n) is 5.82. The fourth-order valence-corrected chi connectivity index (χ4v) is 2.83. The molecule has 0 aliphatic heterocycles. The Balaban J connectivity index is 2.26. The SMILES string of the molecule is N#CCNC(=O)c1cc(O)c2cc(-c3ccccc3)cc(C(F)(F)F)c2c1. The van der Waals surface area contributed by atoms with Gasteiger partial charge in [-0.15, -0.1) is 0 Å². The molecule has 0 fully saturated rings. The maximum atomic E-state index is 13.7. The van der Waals surface area contributed by atoms with Crippen LogP contribution in [0.3, 0.4) is 0 Å². The molecule has 136 valence electrons. The molecule has 27 heavy (non-hydrogen) atoms. The van der Waals surface area contributed by atoms with Gasteiger partial charge in [0.2, 0.25) is 0 Å². The lowest BCUT2D eigenvalue weighted by Gasteiger charge is -2.15. The van der Waals surface area contributed by atoms with Crippen molar-refractivity contribution in [3.63, 3.8) is 0 Å². The zero-order chi connectivity index (χ0) is 19.6. The minimum atomic E-state index is -4.68. The van der Waals surface area contributed by atoms with E-state index in [0.29, 0.717) is 11.1 Å². The summed E-state index contributed by atoms with van der Waals surface area (Å²) >= 11 is 0. The predicted molar refractivity (Wildman–Crippen MR) is 94.0 cm³/mol. The Kier molecular flexibility index (Phi) is 4.74. The molecule has 0 spiro atoms. The molecule has 0 heterocycles. The third-order valence-electron chi connectivity index (χ3n) is 4.05. The number of carbonyl (C=O) groups is 1. The average molecular weight is 370 g/mol. The Morgan fingerprint density at radius 2 is 1.74 bits per heavy atom. The summed E-state index contributed by atoms with van der Waals surface area (Å²) in [5.74, 6) is -1.19. The van der Waals surface area contributed by atoms with Gasteiger partial charge < -0.3 is 10.4 Å². The highest BCUT2D eigenvalue weighted by molar-refractivity contribution is 6.03. The summed E-state index contributed by atoms with van der Waals surface area (Å²) in [6.45, 7) is -0.295. The molecule has 1 amide bonds. The van der Waals surface area contributed by atoms with E-state index in [0.717, 1.165) is 18.2 Å². The van der Waals surface area contributed by atoms with Crippen molar-refractivity contribution < 1.29 is 23.1 Å². The summed E-state index contributed by atoms with van der Waals surface area (Å²) in [6, 6.07) is 14.8. The first-order valence-corrected chi connectivity index (χ1v) is 7.90. The molecule has 2 N–H and O–H groups in total. The number of rotatable bonds is 3. The predicted octanol–water partition coefficient (Wildman–Crippen LogP) is 4.48. The first-order chi connectivity index (χ1) is 12.8. The van der Waals surface area contributed by atoms with E-state index in [1.165, 1.54) is 6.07 Å². The zero-order valence-corrected chi connectivity index (χ0v) is 13.8. The number of amides is 1. The fourth-order valence-electron chi connectivity index (χ4n) is 2.83. The Morgan fingerprint density at radius 1 is 1.04 bits per heavy atom. The summed E-state index contributed by atoms with van der Waals surface area (Å²) < 4.78 is 41.0. The molecule has 3 rings (SSSR count).